The molecule has 1 atom stereocenters. The zero-order chi connectivity index (χ0) is 9.90. The van der Waals surface area contributed by atoms with Crippen molar-refractivity contribution in [2.45, 2.75) is 31.5 Å². The van der Waals surface area contributed by atoms with Gasteiger partial charge >= 0.3 is 6.18 Å². The largest absolute Gasteiger partial charge is 0.415 e. The zero-order valence-corrected chi connectivity index (χ0v) is 8.00. The number of halogens is 3. The van der Waals surface area contributed by atoms with Gasteiger partial charge in [0.05, 0.1) is 0 Å². The van der Waals surface area contributed by atoms with Gasteiger partial charge in [-0.2, -0.15) is 24.9 Å². The molecular formula is C8H13F3OS. The molecule has 0 aromatic rings. The number of hydrogen-bond donors (Lipinski definition) is 1. The van der Waals surface area contributed by atoms with Crippen LogP contribution in [-0.4, -0.2) is 28.9 Å². The van der Waals surface area contributed by atoms with E-state index in [4.69, 9.17) is 5.11 Å². The fraction of sp³-hybridized carbons (Fsp3) is 1.00. The van der Waals surface area contributed by atoms with Crippen molar-refractivity contribution in [2.24, 2.45) is 5.92 Å². The Labute approximate surface area is 79.7 Å². The number of hydrogen-bond acceptors (Lipinski definition) is 2. The van der Waals surface area contributed by atoms with Gasteiger partial charge < -0.3 is 5.11 Å². The lowest BCUT2D eigenvalue weighted by atomic mass is 9.87. The number of rotatable bonds is 4. The van der Waals surface area contributed by atoms with E-state index in [2.05, 4.69) is 0 Å². The fourth-order valence-corrected chi connectivity index (χ4v) is 2.32. The highest BCUT2D eigenvalue weighted by Gasteiger charge is 2.37. The van der Waals surface area contributed by atoms with Gasteiger partial charge in [0.2, 0.25) is 0 Å². The Hall–Kier alpha value is 0.100. The molecule has 13 heavy (non-hydrogen) atoms. The van der Waals surface area contributed by atoms with E-state index in [-0.39, 0.29) is 5.75 Å². The van der Waals surface area contributed by atoms with Crippen LogP contribution in [-0.2, 0) is 0 Å². The minimum atomic E-state index is -4.45. The van der Waals surface area contributed by atoms with Gasteiger partial charge in [0.15, 0.2) is 6.10 Å². The maximum absolute atomic E-state index is 11.8. The lowest BCUT2D eigenvalue weighted by Gasteiger charge is -2.25. The fourth-order valence-electron chi connectivity index (χ4n) is 1.10. The molecular weight excluding hydrogens is 201 g/mol. The minimum absolute atomic E-state index is 0.222. The van der Waals surface area contributed by atoms with Crippen LogP contribution in [0.25, 0.3) is 0 Å². The summed E-state index contributed by atoms with van der Waals surface area (Å²) in [7, 11) is 0. The SMILES string of the molecule is O[C@H](CSCC1CCC1)C(F)(F)F. The van der Waals surface area contributed by atoms with Crippen LogP contribution in [0.2, 0.25) is 0 Å². The standard InChI is InChI=1S/C8H13F3OS/c9-8(10,11)7(12)5-13-4-6-2-1-3-6/h6-7,12H,1-5H2/t7-/m1/s1. The van der Waals surface area contributed by atoms with Crippen molar-refractivity contribution in [3.63, 3.8) is 0 Å². The molecule has 5 heteroatoms. The van der Waals surface area contributed by atoms with E-state index >= 15 is 0 Å². The number of alkyl halides is 3. The van der Waals surface area contributed by atoms with Crippen molar-refractivity contribution in [3.8, 4) is 0 Å². The molecule has 0 aromatic heterocycles. The molecule has 1 fully saturated rings. The molecule has 1 saturated carbocycles. The van der Waals surface area contributed by atoms with Crippen LogP contribution in [0.15, 0.2) is 0 Å². The molecule has 1 N–H and O–H groups in total. The summed E-state index contributed by atoms with van der Waals surface area (Å²) in [6.07, 6.45) is -3.14. The highest BCUT2D eigenvalue weighted by atomic mass is 32.2. The van der Waals surface area contributed by atoms with Crippen molar-refractivity contribution in [2.75, 3.05) is 11.5 Å². The van der Waals surface area contributed by atoms with Crippen molar-refractivity contribution in [3.05, 3.63) is 0 Å². The number of aliphatic hydroxyl groups excluding tert-OH is 1. The van der Waals surface area contributed by atoms with Crippen LogP contribution in [0.1, 0.15) is 19.3 Å². The predicted molar refractivity (Wildman–Crippen MR) is 46.7 cm³/mol. The summed E-state index contributed by atoms with van der Waals surface area (Å²) < 4.78 is 35.4. The Morgan fingerprint density at radius 1 is 1.38 bits per heavy atom. The molecule has 78 valence electrons. The van der Waals surface area contributed by atoms with E-state index < -0.39 is 12.3 Å². The molecule has 0 saturated heterocycles. The molecule has 0 heterocycles. The van der Waals surface area contributed by atoms with Crippen molar-refractivity contribution in [1.82, 2.24) is 0 Å². The first-order valence-corrected chi connectivity index (χ1v) is 5.48. The average Bonchev–Trinajstić information content (AvgIpc) is 1.91. The van der Waals surface area contributed by atoms with Crippen LogP contribution in [0.3, 0.4) is 0 Å². The van der Waals surface area contributed by atoms with E-state index in [9.17, 15) is 13.2 Å². The maximum Gasteiger partial charge on any atom is 0.415 e. The quantitative estimate of drug-likeness (QED) is 0.775. The molecule has 1 nitrogen and oxygen atoms in total. The molecule has 1 rings (SSSR count). The first-order valence-electron chi connectivity index (χ1n) is 4.32. The summed E-state index contributed by atoms with van der Waals surface area (Å²) in [6.45, 7) is 0. The van der Waals surface area contributed by atoms with Gasteiger partial charge in [0.1, 0.15) is 0 Å². The molecule has 0 amide bonds. The van der Waals surface area contributed by atoms with E-state index in [1.165, 1.54) is 18.2 Å². The van der Waals surface area contributed by atoms with E-state index in [1.807, 2.05) is 0 Å². The molecule has 0 aliphatic heterocycles. The monoisotopic (exact) mass is 214 g/mol. The Morgan fingerprint density at radius 3 is 2.38 bits per heavy atom. The summed E-state index contributed by atoms with van der Waals surface area (Å²) in [5.74, 6) is 1.12. The number of aliphatic hydroxyl groups is 1. The lowest BCUT2D eigenvalue weighted by molar-refractivity contribution is -0.195. The first-order chi connectivity index (χ1) is 6.00. The Kier molecular flexibility index (Phi) is 3.91. The van der Waals surface area contributed by atoms with Gasteiger partial charge in [-0.05, 0) is 24.5 Å². The van der Waals surface area contributed by atoms with Gasteiger partial charge in [-0.3, -0.25) is 0 Å². The van der Waals surface area contributed by atoms with E-state index in [0.717, 1.165) is 18.6 Å². The summed E-state index contributed by atoms with van der Waals surface area (Å²) in [6, 6.07) is 0. The van der Waals surface area contributed by atoms with Crippen molar-refractivity contribution in [1.29, 1.82) is 0 Å². The van der Waals surface area contributed by atoms with Gasteiger partial charge in [-0.15, -0.1) is 0 Å². The van der Waals surface area contributed by atoms with Crippen LogP contribution < -0.4 is 0 Å². The Morgan fingerprint density at radius 2 is 2.00 bits per heavy atom. The average molecular weight is 214 g/mol. The molecule has 0 radical (unpaired) electrons. The summed E-state index contributed by atoms with van der Waals surface area (Å²) in [4.78, 5) is 0. The predicted octanol–water partition coefficient (Wildman–Crippen LogP) is 2.44. The molecule has 1 aliphatic rings. The zero-order valence-electron chi connectivity index (χ0n) is 7.18. The minimum Gasteiger partial charge on any atom is -0.383 e. The van der Waals surface area contributed by atoms with Gasteiger partial charge in [0, 0.05) is 5.75 Å². The van der Waals surface area contributed by atoms with E-state index in [0.29, 0.717) is 5.92 Å². The van der Waals surface area contributed by atoms with Gasteiger partial charge in [-0.1, -0.05) is 6.42 Å². The molecule has 0 aromatic carbocycles. The van der Waals surface area contributed by atoms with Crippen LogP contribution >= 0.6 is 11.8 Å². The highest BCUT2D eigenvalue weighted by Crippen LogP contribution is 2.31. The Bertz CT molecular complexity index is 156. The van der Waals surface area contributed by atoms with Crippen LogP contribution in [0.5, 0.6) is 0 Å². The second-order valence-corrected chi connectivity index (χ2v) is 4.47. The maximum atomic E-state index is 11.8. The first kappa shape index (κ1) is 11.2. The second-order valence-electron chi connectivity index (χ2n) is 3.39. The molecule has 1 aliphatic carbocycles. The van der Waals surface area contributed by atoms with Gasteiger partial charge in [0.25, 0.3) is 0 Å². The smallest absolute Gasteiger partial charge is 0.383 e. The summed E-state index contributed by atoms with van der Waals surface area (Å²) in [5.41, 5.74) is 0. The van der Waals surface area contributed by atoms with Crippen molar-refractivity contribution < 1.29 is 18.3 Å². The molecule has 0 unspecified atom stereocenters. The third-order valence-electron chi connectivity index (χ3n) is 2.23. The molecule has 0 bridgehead atoms. The summed E-state index contributed by atoms with van der Waals surface area (Å²) >= 11 is 1.20. The van der Waals surface area contributed by atoms with Gasteiger partial charge in [-0.25, -0.2) is 0 Å². The lowest BCUT2D eigenvalue weighted by Crippen LogP contribution is -2.31. The normalized spacial score (nSPS) is 21.2. The van der Waals surface area contributed by atoms with E-state index in [1.54, 1.807) is 0 Å². The third kappa shape index (κ3) is 3.77. The number of thioether (sulfide) groups is 1. The second kappa shape index (κ2) is 4.55. The van der Waals surface area contributed by atoms with Crippen molar-refractivity contribution >= 4 is 11.8 Å². The topological polar surface area (TPSA) is 20.2 Å². The molecule has 0 spiro atoms. The van der Waals surface area contributed by atoms with Crippen LogP contribution in [0, 0.1) is 5.92 Å². The Balaban J connectivity index is 2.04. The third-order valence-corrected chi connectivity index (χ3v) is 3.49. The van der Waals surface area contributed by atoms with Crippen LogP contribution in [0.4, 0.5) is 13.2 Å². The highest BCUT2D eigenvalue weighted by molar-refractivity contribution is 7.99. The summed E-state index contributed by atoms with van der Waals surface area (Å²) in [5, 5.41) is 8.64.